The molecule has 3 amide bonds. The minimum Gasteiger partial charge on any atom is -0.442 e. The van der Waals surface area contributed by atoms with Gasteiger partial charge in [-0.3, -0.25) is 0 Å². The van der Waals surface area contributed by atoms with Crippen LogP contribution in [0.2, 0.25) is 0 Å². The molecule has 0 aromatic heterocycles. The van der Waals surface area contributed by atoms with Crippen molar-refractivity contribution in [1.82, 2.24) is 10.0 Å². The van der Waals surface area contributed by atoms with Crippen molar-refractivity contribution in [3.63, 3.8) is 0 Å². The number of carbonyl (C=O) groups is 3. The quantitative estimate of drug-likeness (QED) is 0.481. The summed E-state index contributed by atoms with van der Waals surface area (Å²) in [6, 6.07) is -0.574. The minimum atomic E-state index is -1.03. The lowest BCUT2D eigenvalue weighted by Crippen LogP contribution is -2.59. The van der Waals surface area contributed by atoms with Crippen molar-refractivity contribution in [2.24, 2.45) is 0 Å². The average Bonchev–Trinajstić information content (AvgIpc) is 2.91. The average molecular weight is 402 g/mol. The van der Waals surface area contributed by atoms with E-state index in [1.807, 2.05) is 0 Å². The van der Waals surface area contributed by atoms with Gasteiger partial charge in [0.1, 0.15) is 16.8 Å². The molecule has 0 aromatic rings. The Morgan fingerprint density at radius 1 is 0.750 bits per heavy atom. The van der Waals surface area contributed by atoms with Gasteiger partial charge in [-0.1, -0.05) is 0 Å². The Kier molecular flexibility index (Phi) is 7.33. The maximum absolute atomic E-state index is 12.9. The maximum Gasteiger partial charge on any atom is 0.439 e. The number of imide groups is 1. The van der Waals surface area contributed by atoms with Gasteiger partial charge in [0, 0.05) is 6.61 Å². The highest BCUT2D eigenvalue weighted by Crippen LogP contribution is 2.24. The summed E-state index contributed by atoms with van der Waals surface area (Å²) in [6.45, 7) is 15.6. The second-order valence-electron chi connectivity index (χ2n) is 9.61. The van der Waals surface area contributed by atoms with Gasteiger partial charge >= 0.3 is 18.3 Å². The predicted molar refractivity (Wildman–Crippen MR) is 102 cm³/mol. The molecule has 162 valence electrons. The van der Waals surface area contributed by atoms with E-state index in [1.54, 1.807) is 62.3 Å². The van der Waals surface area contributed by atoms with E-state index in [0.717, 1.165) is 5.01 Å². The summed E-state index contributed by atoms with van der Waals surface area (Å²) in [4.78, 5) is 38.7. The lowest BCUT2D eigenvalue weighted by atomic mass is 10.2. The van der Waals surface area contributed by atoms with E-state index in [1.165, 1.54) is 0 Å². The Morgan fingerprint density at radius 3 is 1.46 bits per heavy atom. The van der Waals surface area contributed by atoms with Crippen molar-refractivity contribution in [3.8, 4) is 0 Å². The van der Waals surface area contributed by atoms with Crippen LogP contribution < -0.4 is 0 Å². The Hall–Kier alpha value is -2.03. The molecule has 0 aromatic carbocycles. The van der Waals surface area contributed by atoms with E-state index >= 15 is 0 Å². The summed E-state index contributed by atoms with van der Waals surface area (Å²) in [7, 11) is 0. The molecule has 1 aliphatic rings. The third kappa shape index (κ3) is 7.92. The zero-order valence-corrected chi connectivity index (χ0v) is 18.5. The van der Waals surface area contributed by atoms with Gasteiger partial charge in [-0.2, -0.15) is 5.01 Å². The highest BCUT2D eigenvalue weighted by molar-refractivity contribution is 5.90. The summed E-state index contributed by atoms with van der Waals surface area (Å²) >= 11 is 0. The number of rotatable bonds is 1. The molecule has 0 bridgehead atoms. The normalized spacial score (nSPS) is 17.7. The molecular weight excluding hydrogens is 368 g/mol. The first-order valence-electron chi connectivity index (χ1n) is 9.36. The number of hydrogen-bond donors (Lipinski definition) is 0. The van der Waals surface area contributed by atoms with Crippen LogP contribution in [-0.4, -0.2) is 64.4 Å². The van der Waals surface area contributed by atoms with Crippen molar-refractivity contribution >= 4 is 18.3 Å². The number of hydrogen-bond acceptors (Lipinski definition) is 7. The van der Waals surface area contributed by atoms with Gasteiger partial charge in [0.25, 0.3) is 0 Å². The second kappa shape index (κ2) is 8.55. The molecule has 1 atom stereocenters. The number of hydrazine groups is 1. The van der Waals surface area contributed by atoms with E-state index < -0.39 is 41.1 Å². The van der Waals surface area contributed by atoms with Crippen LogP contribution in [0, 0.1) is 0 Å². The molecule has 1 heterocycles. The number of amides is 3. The molecule has 0 radical (unpaired) electrons. The van der Waals surface area contributed by atoms with Gasteiger partial charge in [0.2, 0.25) is 0 Å². The largest absolute Gasteiger partial charge is 0.442 e. The molecule has 1 rings (SSSR count). The molecule has 1 saturated heterocycles. The van der Waals surface area contributed by atoms with Crippen molar-refractivity contribution in [2.45, 2.75) is 91.6 Å². The van der Waals surface area contributed by atoms with Crippen molar-refractivity contribution in [3.05, 3.63) is 0 Å². The minimum absolute atomic E-state index is 0.154. The van der Waals surface area contributed by atoms with Crippen LogP contribution in [0.1, 0.15) is 68.7 Å². The summed E-state index contributed by atoms with van der Waals surface area (Å²) in [5, 5.41) is 1.52. The SMILES string of the molecule is CC(C)(C)OC(=O)N(C(=O)OC(C)(C)C)N(C(=O)OC(C)(C)C)C1CCOC1. The van der Waals surface area contributed by atoms with Crippen LogP contribution >= 0.6 is 0 Å². The van der Waals surface area contributed by atoms with Crippen LogP contribution in [0.15, 0.2) is 0 Å². The van der Waals surface area contributed by atoms with Crippen LogP contribution in [0.25, 0.3) is 0 Å². The van der Waals surface area contributed by atoms with Crippen LogP contribution in [0.4, 0.5) is 14.4 Å². The Balaban J connectivity index is 3.33. The molecule has 9 nitrogen and oxygen atoms in total. The van der Waals surface area contributed by atoms with Gasteiger partial charge in [-0.15, -0.1) is 5.01 Å². The Bertz CT molecular complexity index is 551. The third-order valence-electron chi connectivity index (χ3n) is 3.18. The van der Waals surface area contributed by atoms with E-state index in [-0.39, 0.29) is 6.61 Å². The molecule has 0 aliphatic carbocycles. The molecular formula is C19H34N2O7. The zero-order valence-electron chi connectivity index (χ0n) is 18.5. The molecule has 9 heteroatoms. The van der Waals surface area contributed by atoms with E-state index in [0.29, 0.717) is 18.0 Å². The molecule has 1 aliphatic heterocycles. The van der Waals surface area contributed by atoms with E-state index in [2.05, 4.69) is 0 Å². The molecule has 0 saturated carbocycles. The lowest BCUT2D eigenvalue weighted by molar-refractivity contribution is -0.0830. The standard InChI is InChI=1S/C19H34N2O7/c1-17(2,3)26-14(22)20(13-10-11-25-12-13)21(15(23)27-18(4,5)6)16(24)28-19(7,8)9/h13H,10-12H2,1-9H3. The smallest absolute Gasteiger partial charge is 0.439 e. The number of ether oxygens (including phenoxy) is 4. The summed E-state index contributed by atoms with van der Waals surface area (Å²) < 4.78 is 21.5. The van der Waals surface area contributed by atoms with Crippen LogP contribution in [0.3, 0.4) is 0 Å². The van der Waals surface area contributed by atoms with Gasteiger partial charge in [0.05, 0.1) is 12.6 Å². The van der Waals surface area contributed by atoms with E-state index in [9.17, 15) is 14.4 Å². The first-order chi connectivity index (χ1) is 12.5. The fraction of sp³-hybridized carbons (Fsp3) is 0.842. The molecule has 0 N–H and O–H groups in total. The number of carbonyl (C=O) groups excluding carboxylic acids is 3. The monoisotopic (exact) mass is 402 g/mol. The third-order valence-corrected chi connectivity index (χ3v) is 3.18. The first-order valence-corrected chi connectivity index (χ1v) is 9.36. The Labute approximate surface area is 167 Å². The maximum atomic E-state index is 12.9. The fourth-order valence-electron chi connectivity index (χ4n) is 2.28. The topological polar surface area (TPSA) is 94.6 Å². The highest BCUT2D eigenvalue weighted by atomic mass is 16.6. The molecule has 28 heavy (non-hydrogen) atoms. The van der Waals surface area contributed by atoms with Gasteiger partial charge < -0.3 is 18.9 Å². The highest BCUT2D eigenvalue weighted by Gasteiger charge is 2.44. The summed E-state index contributed by atoms with van der Waals surface area (Å²) in [6.07, 6.45) is -2.49. The van der Waals surface area contributed by atoms with Crippen molar-refractivity contribution in [1.29, 1.82) is 0 Å². The van der Waals surface area contributed by atoms with E-state index in [4.69, 9.17) is 18.9 Å². The van der Waals surface area contributed by atoms with Gasteiger partial charge in [0.15, 0.2) is 0 Å². The van der Waals surface area contributed by atoms with Gasteiger partial charge in [-0.05, 0) is 68.7 Å². The zero-order chi connectivity index (χ0) is 21.9. The van der Waals surface area contributed by atoms with Gasteiger partial charge in [-0.25, -0.2) is 14.4 Å². The predicted octanol–water partition coefficient (Wildman–Crippen LogP) is 4.10. The second-order valence-corrected chi connectivity index (χ2v) is 9.61. The van der Waals surface area contributed by atoms with Crippen molar-refractivity contribution < 1.29 is 33.3 Å². The Morgan fingerprint density at radius 2 is 1.14 bits per heavy atom. The molecule has 1 unspecified atom stereocenters. The first kappa shape index (κ1) is 24.0. The van der Waals surface area contributed by atoms with Crippen LogP contribution in [0.5, 0.6) is 0 Å². The summed E-state index contributed by atoms with van der Waals surface area (Å²) in [5.74, 6) is 0. The fourth-order valence-corrected chi connectivity index (χ4v) is 2.28. The molecule has 1 fully saturated rings. The van der Waals surface area contributed by atoms with Crippen LogP contribution in [-0.2, 0) is 18.9 Å². The number of nitrogens with zero attached hydrogens (tertiary/aromatic N) is 2. The lowest BCUT2D eigenvalue weighted by Gasteiger charge is -2.38. The molecule has 0 spiro atoms. The summed E-state index contributed by atoms with van der Waals surface area (Å²) in [5.41, 5.74) is -2.60. The van der Waals surface area contributed by atoms with Crippen molar-refractivity contribution in [2.75, 3.05) is 13.2 Å².